The number of nitriles is 1. The van der Waals surface area contributed by atoms with Gasteiger partial charge >= 0.3 is 6.36 Å². The Hall–Kier alpha value is -2.39. The molecule has 0 saturated heterocycles. The first-order valence-electron chi connectivity index (χ1n) is 5.61. The predicted octanol–water partition coefficient (Wildman–Crippen LogP) is 4.90. The molecule has 0 bridgehead atoms. The molecular formula is C14H7ClF3NO2. The van der Waals surface area contributed by atoms with Crippen molar-refractivity contribution in [2.75, 3.05) is 0 Å². The zero-order valence-corrected chi connectivity index (χ0v) is 11.1. The van der Waals surface area contributed by atoms with Gasteiger partial charge in [0.1, 0.15) is 28.9 Å². The quantitative estimate of drug-likeness (QED) is 0.809. The Morgan fingerprint density at radius 1 is 1.00 bits per heavy atom. The van der Waals surface area contributed by atoms with Gasteiger partial charge in [-0.1, -0.05) is 17.7 Å². The average Bonchev–Trinajstić information content (AvgIpc) is 2.40. The van der Waals surface area contributed by atoms with E-state index in [1.54, 1.807) is 6.07 Å². The van der Waals surface area contributed by atoms with E-state index < -0.39 is 6.36 Å². The summed E-state index contributed by atoms with van der Waals surface area (Å²) >= 11 is 5.85. The number of benzene rings is 2. The Balaban J connectivity index is 2.18. The van der Waals surface area contributed by atoms with Gasteiger partial charge in [-0.2, -0.15) is 5.26 Å². The Morgan fingerprint density at radius 3 is 2.19 bits per heavy atom. The highest BCUT2D eigenvalue weighted by Crippen LogP contribution is 2.31. The van der Waals surface area contributed by atoms with Crippen LogP contribution in [-0.4, -0.2) is 6.36 Å². The van der Waals surface area contributed by atoms with Gasteiger partial charge in [0.25, 0.3) is 0 Å². The number of hydrogen-bond donors (Lipinski definition) is 0. The third kappa shape index (κ3) is 4.04. The van der Waals surface area contributed by atoms with Crippen LogP contribution in [0.2, 0.25) is 5.02 Å². The summed E-state index contributed by atoms with van der Waals surface area (Å²) < 4.78 is 45.2. The maximum Gasteiger partial charge on any atom is 0.573 e. The van der Waals surface area contributed by atoms with Crippen molar-refractivity contribution in [2.45, 2.75) is 6.36 Å². The maximum atomic E-state index is 12.0. The molecule has 0 heterocycles. The standard InChI is InChI=1S/C14H7ClF3NO2/c15-12-2-1-3-13(11(12)8-19)20-9-4-6-10(7-5-9)21-14(16,17)18/h1-7H. The predicted molar refractivity (Wildman–Crippen MR) is 69.4 cm³/mol. The topological polar surface area (TPSA) is 42.2 Å². The fourth-order valence-corrected chi connectivity index (χ4v) is 1.74. The molecule has 2 aromatic rings. The smallest absolute Gasteiger partial charge is 0.456 e. The summed E-state index contributed by atoms with van der Waals surface area (Å²) in [4.78, 5) is 0. The van der Waals surface area contributed by atoms with Crippen molar-refractivity contribution in [3.63, 3.8) is 0 Å². The molecule has 108 valence electrons. The first-order chi connectivity index (χ1) is 9.89. The average molecular weight is 314 g/mol. The highest BCUT2D eigenvalue weighted by Gasteiger charge is 2.30. The molecule has 0 spiro atoms. The number of halogens is 4. The van der Waals surface area contributed by atoms with Crippen molar-refractivity contribution in [3.8, 4) is 23.3 Å². The number of alkyl halides is 3. The molecule has 0 radical (unpaired) electrons. The SMILES string of the molecule is N#Cc1c(Cl)cccc1Oc1ccc(OC(F)(F)F)cc1. The van der Waals surface area contributed by atoms with Crippen molar-refractivity contribution >= 4 is 11.6 Å². The largest absolute Gasteiger partial charge is 0.573 e. The van der Waals surface area contributed by atoms with Crippen LogP contribution in [0.15, 0.2) is 42.5 Å². The van der Waals surface area contributed by atoms with Crippen molar-refractivity contribution in [1.29, 1.82) is 5.26 Å². The summed E-state index contributed by atoms with van der Waals surface area (Å²) in [6.07, 6.45) is -4.75. The van der Waals surface area contributed by atoms with E-state index in [0.29, 0.717) is 0 Å². The summed E-state index contributed by atoms with van der Waals surface area (Å²) in [6, 6.07) is 11.4. The van der Waals surface area contributed by atoms with Crippen molar-refractivity contribution in [3.05, 3.63) is 53.1 Å². The van der Waals surface area contributed by atoms with E-state index >= 15 is 0 Å². The summed E-state index contributed by atoms with van der Waals surface area (Å²) in [5, 5.41) is 9.22. The monoisotopic (exact) mass is 313 g/mol. The molecular weight excluding hydrogens is 307 g/mol. The molecule has 7 heteroatoms. The van der Waals surface area contributed by atoms with Crippen LogP contribution in [0.5, 0.6) is 17.2 Å². The van der Waals surface area contributed by atoms with Gasteiger partial charge < -0.3 is 9.47 Å². The Kier molecular flexibility index (Phi) is 4.24. The lowest BCUT2D eigenvalue weighted by Gasteiger charge is -2.11. The molecule has 0 unspecified atom stereocenters. The van der Waals surface area contributed by atoms with Gasteiger partial charge in [-0.15, -0.1) is 13.2 Å². The second-order valence-corrected chi connectivity index (χ2v) is 4.25. The third-order valence-electron chi connectivity index (χ3n) is 2.37. The van der Waals surface area contributed by atoms with E-state index in [0.717, 1.165) is 12.1 Å². The van der Waals surface area contributed by atoms with Gasteiger partial charge in [-0.3, -0.25) is 0 Å². The minimum Gasteiger partial charge on any atom is -0.456 e. The lowest BCUT2D eigenvalue weighted by Crippen LogP contribution is -2.16. The maximum absolute atomic E-state index is 12.0. The molecule has 0 N–H and O–H groups in total. The van der Waals surface area contributed by atoms with Gasteiger partial charge in [0.05, 0.1) is 5.02 Å². The molecule has 3 nitrogen and oxygen atoms in total. The second kappa shape index (κ2) is 5.94. The first-order valence-corrected chi connectivity index (χ1v) is 5.99. The van der Waals surface area contributed by atoms with Crippen molar-refractivity contribution in [1.82, 2.24) is 0 Å². The van der Waals surface area contributed by atoms with E-state index in [1.165, 1.54) is 24.3 Å². The molecule has 0 fully saturated rings. The lowest BCUT2D eigenvalue weighted by atomic mass is 10.2. The van der Waals surface area contributed by atoms with Crippen LogP contribution in [0.25, 0.3) is 0 Å². The normalized spacial score (nSPS) is 10.8. The van der Waals surface area contributed by atoms with E-state index in [9.17, 15) is 13.2 Å². The van der Waals surface area contributed by atoms with Crippen LogP contribution < -0.4 is 9.47 Å². The van der Waals surface area contributed by atoms with Gasteiger partial charge in [0, 0.05) is 0 Å². The van der Waals surface area contributed by atoms with Crippen LogP contribution >= 0.6 is 11.6 Å². The summed E-state index contributed by atoms with van der Waals surface area (Å²) in [7, 11) is 0. The van der Waals surface area contributed by atoms with Gasteiger partial charge in [-0.05, 0) is 36.4 Å². The van der Waals surface area contributed by atoms with Crippen LogP contribution in [0.1, 0.15) is 5.56 Å². The summed E-state index contributed by atoms with van der Waals surface area (Å²) in [5.74, 6) is 0.110. The van der Waals surface area contributed by atoms with E-state index in [4.69, 9.17) is 21.6 Å². The van der Waals surface area contributed by atoms with Crippen LogP contribution in [0.4, 0.5) is 13.2 Å². The minimum atomic E-state index is -4.75. The highest BCUT2D eigenvalue weighted by molar-refractivity contribution is 6.31. The molecule has 0 saturated carbocycles. The van der Waals surface area contributed by atoms with E-state index in [-0.39, 0.29) is 27.8 Å². The van der Waals surface area contributed by atoms with Crippen LogP contribution in [0, 0.1) is 11.3 Å². The first kappa shape index (κ1) is 15.0. The number of ether oxygens (including phenoxy) is 2. The molecule has 0 aromatic heterocycles. The second-order valence-electron chi connectivity index (χ2n) is 3.85. The number of hydrogen-bond acceptors (Lipinski definition) is 3. The van der Waals surface area contributed by atoms with E-state index in [2.05, 4.69) is 4.74 Å². The highest BCUT2D eigenvalue weighted by atomic mass is 35.5. The zero-order valence-electron chi connectivity index (χ0n) is 10.3. The fourth-order valence-electron chi connectivity index (χ4n) is 1.53. The minimum absolute atomic E-state index is 0.148. The lowest BCUT2D eigenvalue weighted by molar-refractivity contribution is -0.274. The van der Waals surface area contributed by atoms with E-state index in [1.807, 2.05) is 6.07 Å². The Morgan fingerprint density at radius 2 is 1.62 bits per heavy atom. The third-order valence-corrected chi connectivity index (χ3v) is 2.69. The molecule has 0 aliphatic rings. The molecule has 2 aromatic carbocycles. The molecule has 0 amide bonds. The number of nitrogens with zero attached hydrogens (tertiary/aromatic N) is 1. The molecule has 21 heavy (non-hydrogen) atoms. The molecule has 2 rings (SSSR count). The molecule has 0 atom stereocenters. The fraction of sp³-hybridized carbons (Fsp3) is 0.0714. The molecule has 0 aliphatic heterocycles. The summed E-state index contributed by atoms with van der Waals surface area (Å²) in [5.41, 5.74) is 0.148. The van der Waals surface area contributed by atoms with Gasteiger partial charge in [0.15, 0.2) is 0 Å². The summed E-state index contributed by atoms with van der Waals surface area (Å²) in [6.45, 7) is 0. The number of rotatable bonds is 3. The van der Waals surface area contributed by atoms with Crippen LogP contribution in [-0.2, 0) is 0 Å². The zero-order chi connectivity index (χ0) is 15.5. The Bertz CT molecular complexity index is 678. The molecule has 0 aliphatic carbocycles. The van der Waals surface area contributed by atoms with Gasteiger partial charge in [-0.25, -0.2) is 0 Å². The Labute approximate surface area is 123 Å². The van der Waals surface area contributed by atoms with Gasteiger partial charge in [0.2, 0.25) is 0 Å². The van der Waals surface area contributed by atoms with Crippen LogP contribution in [0.3, 0.4) is 0 Å². The van der Waals surface area contributed by atoms with Crippen molar-refractivity contribution < 1.29 is 22.6 Å². The van der Waals surface area contributed by atoms with Crippen molar-refractivity contribution in [2.24, 2.45) is 0 Å².